The van der Waals surface area contributed by atoms with Crippen LogP contribution < -0.4 is 0 Å². The smallest absolute Gasteiger partial charge is 0.234 e. The summed E-state index contributed by atoms with van der Waals surface area (Å²) in [6, 6.07) is 5.49. The molecule has 0 bridgehead atoms. The molecule has 1 aromatic carbocycles. The van der Waals surface area contributed by atoms with E-state index < -0.39 is 0 Å². The van der Waals surface area contributed by atoms with Crippen molar-refractivity contribution in [2.45, 2.75) is 39.0 Å². The number of rotatable bonds is 3. The molecule has 2 aromatic rings. The lowest BCUT2D eigenvalue weighted by molar-refractivity contribution is 0.347. The molecule has 0 spiro atoms. The third-order valence-electron chi connectivity index (χ3n) is 4.13. The van der Waals surface area contributed by atoms with Gasteiger partial charge in [-0.2, -0.15) is 4.98 Å². The molecule has 3 nitrogen and oxygen atoms in total. The molecule has 1 aliphatic carbocycles. The highest BCUT2D eigenvalue weighted by molar-refractivity contribution is 9.11. The number of aromatic nitrogens is 2. The fraction of sp³-hybridized carbons (Fsp3) is 0.412. The van der Waals surface area contributed by atoms with Gasteiger partial charge < -0.3 is 4.52 Å². The van der Waals surface area contributed by atoms with Gasteiger partial charge in [0, 0.05) is 4.48 Å². The zero-order valence-electron chi connectivity index (χ0n) is 12.6. The van der Waals surface area contributed by atoms with E-state index in [2.05, 4.69) is 32.1 Å². The van der Waals surface area contributed by atoms with Gasteiger partial charge in [0.1, 0.15) is 5.82 Å². The quantitative estimate of drug-likeness (QED) is 0.781. The van der Waals surface area contributed by atoms with E-state index in [1.807, 2.05) is 19.1 Å². The van der Waals surface area contributed by atoms with Crippen LogP contribution in [0.15, 0.2) is 33.3 Å². The molecule has 1 heterocycles. The maximum absolute atomic E-state index is 13.6. The monoisotopic (exact) mass is 364 g/mol. The van der Waals surface area contributed by atoms with Gasteiger partial charge in [0.15, 0.2) is 5.82 Å². The Kier molecular flexibility index (Phi) is 4.43. The first-order chi connectivity index (χ1) is 10.5. The van der Waals surface area contributed by atoms with Crippen molar-refractivity contribution >= 4 is 15.9 Å². The first kappa shape index (κ1) is 15.4. The molecule has 5 heteroatoms. The van der Waals surface area contributed by atoms with E-state index >= 15 is 0 Å². The summed E-state index contributed by atoms with van der Waals surface area (Å²) < 4.78 is 20.0. The summed E-state index contributed by atoms with van der Waals surface area (Å²) in [7, 11) is 0. The van der Waals surface area contributed by atoms with Gasteiger partial charge in [0.05, 0.1) is 5.92 Å². The highest BCUT2D eigenvalue weighted by Gasteiger charge is 2.27. The molecule has 0 saturated carbocycles. The number of halogens is 2. The van der Waals surface area contributed by atoms with E-state index in [4.69, 9.17) is 4.52 Å². The van der Waals surface area contributed by atoms with Crippen molar-refractivity contribution in [3.05, 3.63) is 57.4 Å². The molecule has 116 valence electrons. The van der Waals surface area contributed by atoms with Crippen molar-refractivity contribution in [3.63, 3.8) is 0 Å². The van der Waals surface area contributed by atoms with Gasteiger partial charge in [-0.3, -0.25) is 0 Å². The summed E-state index contributed by atoms with van der Waals surface area (Å²) in [4.78, 5) is 4.32. The summed E-state index contributed by atoms with van der Waals surface area (Å²) >= 11 is 3.64. The first-order valence-electron chi connectivity index (χ1n) is 7.45. The average molecular weight is 365 g/mol. The van der Waals surface area contributed by atoms with Crippen LogP contribution in [-0.4, -0.2) is 10.1 Å². The molecule has 0 fully saturated rings. The van der Waals surface area contributed by atoms with E-state index in [0.29, 0.717) is 23.2 Å². The molecule has 0 radical (unpaired) electrons. The molecule has 22 heavy (non-hydrogen) atoms. The molecular formula is C17H18BrFN2O. The van der Waals surface area contributed by atoms with Crippen LogP contribution in [0.3, 0.4) is 0 Å². The predicted molar refractivity (Wildman–Crippen MR) is 86.4 cm³/mol. The maximum Gasteiger partial charge on any atom is 0.234 e. The van der Waals surface area contributed by atoms with Crippen LogP contribution in [-0.2, 0) is 6.42 Å². The molecule has 0 N–H and O–H groups in total. The van der Waals surface area contributed by atoms with Crippen molar-refractivity contribution in [2.24, 2.45) is 5.92 Å². The van der Waals surface area contributed by atoms with Crippen LogP contribution in [0.5, 0.6) is 0 Å². The minimum absolute atomic E-state index is 0.129. The Morgan fingerprint density at radius 1 is 1.32 bits per heavy atom. The number of nitrogens with zero attached hydrogens (tertiary/aromatic N) is 2. The van der Waals surface area contributed by atoms with Crippen molar-refractivity contribution in [1.29, 1.82) is 0 Å². The van der Waals surface area contributed by atoms with E-state index in [1.165, 1.54) is 0 Å². The van der Waals surface area contributed by atoms with E-state index in [1.54, 1.807) is 13.0 Å². The van der Waals surface area contributed by atoms with Crippen LogP contribution in [0.4, 0.5) is 4.39 Å². The zero-order valence-corrected chi connectivity index (χ0v) is 14.2. The molecule has 2 atom stereocenters. The van der Waals surface area contributed by atoms with Gasteiger partial charge in [-0.25, -0.2) is 4.39 Å². The number of aryl methyl sites for hydroxylation is 2. The van der Waals surface area contributed by atoms with Crippen molar-refractivity contribution < 1.29 is 8.91 Å². The molecule has 2 unspecified atom stereocenters. The largest absolute Gasteiger partial charge is 0.339 e. The fourth-order valence-electron chi connectivity index (χ4n) is 2.87. The zero-order chi connectivity index (χ0) is 15.7. The summed E-state index contributed by atoms with van der Waals surface area (Å²) in [5, 5.41) is 3.86. The summed E-state index contributed by atoms with van der Waals surface area (Å²) in [5.74, 6) is 1.74. The summed E-state index contributed by atoms with van der Waals surface area (Å²) in [5.41, 5.74) is 1.73. The minimum Gasteiger partial charge on any atom is -0.339 e. The Bertz CT molecular complexity index is 710. The number of hydrogen-bond donors (Lipinski definition) is 0. The predicted octanol–water partition coefficient (Wildman–Crippen LogP) is 4.84. The normalized spacial score (nSPS) is 21.7. The summed E-state index contributed by atoms with van der Waals surface area (Å²) in [6.45, 7) is 3.61. The number of benzene rings is 1. The Morgan fingerprint density at radius 2 is 2.14 bits per heavy atom. The Labute approximate surface area is 137 Å². The van der Waals surface area contributed by atoms with Crippen LogP contribution in [0, 0.1) is 25.6 Å². The first-order valence-corrected chi connectivity index (χ1v) is 8.24. The van der Waals surface area contributed by atoms with Gasteiger partial charge in [-0.15, -0.1) is 0 Å². The van der Waals surface area contributed by atoms with Gasteiger partial charge in [-0.05, 0) is 56.2 Å². The topological polar surface area (TPSA) is 38.9 Å². The van der Waals surface area contributed by atoms with E-state index in [0.717, 1.165) is 29.3 Å². The molecule has 3 rings (SSSR count). The van der Waals surface area contributed by atoms with Gasteiger partial charge in [0.25, 0.3) is 0 Å². The van der Waals surface area contributed by atoms with Crippen LogP contribution in [0.25, 0.3) is 0 Å². The maximum atomic E-state index is 13.6. The average Bonchev–Trinajstić information content (AvgIpc) is 2.89. The molecule has 0 amide bonds. The Hall–Kier alpha value is -1.49. The molecule has 0 aliphatic heterocycles. The lowest BCUT2D eigenvalue weighted by atomic mass is 9.85. The van der Waals surface area contributed by atoms with Crippen molar-refractivity contribution in [3.8, 4) is 0 Å². The van der Waals surface area contributed by atoms with Gasteiger partial charge >= 0.3 is 0 Å². The SMILES string of the molecule is Cc1noc(C2CCC(Cc3ccc(C)c(F)c3)C=C2Br)n1. The number of hydrogen-bond acceptors (Lipinski definition) is 3. The lowest BCUT2D eigenvalue weighted by Gasteiger charge is -2.24. The highest BCUT2D eigenvalue weighted by atomic mass is 79.9. The molecular weight excluding hydrogens is 347 g/mol. The molecule has 0 saturated heterocycles. The molecule has 1 aromatic heterocycles. The Balaban J connectivity index is 1.72. The second-order valence-corrected chi connectivity index (χ2v) is 6.82. The minimum atomic E-state index is -0.129. The van der Waals surface area contributed by atoms with Crippen molar-refractivity contribution in [1.82, 2.24) is 10.1 Å². The standard InChI is InChI=1S/C17H18BrFN2O/c1-10-3-4-13(9-16(10)19)7-12-5-6-14(15(18)8-12)17-20-11(2)21-22-17/h3-4,8-9,12,14H,5-7H2,1-2H3. The van der Waals surface area contributed by atoms with Gasteiger partial charge in [-0.1, -0.05) is 39.3 Å². The second kappa shape index (κ2) is 6.32. The molecule has 1 aliphatic rings. The van der Waals surface area contributed by atoms with Gasteiger partial charge in [0.2, 0.25) is 5.89 Å². The van der Waals surface area contributed by atoms with Crippen LogP contribution in [0.2, 0.25) is 0 Å². The highest BCUT2D eigenvalue weighted by Crippen LogP contribution is 2.39. The van der Waals surface area contributed by atoms with E-state index in [9.17, 15) is 4.39 Å². The number of allylic oxidation sites excluding steroid dienone is 2. The Morgan fingerprint density at radius 3 is 2.77 bits per heavy atom. The summed E-state index contributed by atoms with van der Waals surface area (Å²) in [6.07, 6.45) is 5.03. The van der Waals surface area contributed by atoms with Crippen molar-refractivity contribution in [2.75, 3.05) is 0 Å². The third kappa shape index (κ3) is 3.29. The van der Waals surface area contributed by atoms with E-state index in [-0.39, 0.29) is 11.7 Å². The lowest BCUT2D eigenvalue weighted by Crippen LogP contribution is -2.13. The third-order valence-corrected chi connectivity index (χ3v) is 4.95. The van der Waals surface area contributed by atoms with Crippen LogP contribution in [0.1, 0.15) is 41.6 Å². The second-order valence-electron chi connectivity index (χ2n) is 5.91. The fourth-order valence-corrected chi connectivity index (χ4v) is 3.67. The van der Waals surface area contributed by atoms with Crippen LogP contribution >= 0.6 is 15.9 Å².